The highest BCUT2D eigenvalue weighted by atomic mass is 32.2. The summed E-state index contributed by atoms with van der Waals surface area (Å²) in [6.07, 6.45) is 1.64. The molecule has 1 rings (SSSR count). The molecule has 0 unspecified atom stereocenters. The number of carboxylic acid groups (broad SMARTS) is 1. The number of rotatable bonds is 2. The van der Waals surface area contributed by atoms with Crippen LogP contribution in [0.3, 0.4) is 0 Å². The molecule has 0 saturated carbocycles. The Bertz CT molecular complexity index is 400. The van der Waals surface area contributed by atoms with Gasteiger partial charge in [-0.3, -0.25) is 4.79 Å². The molecule has 0 atom stereocenters. The van der Waals surface area contributed by atoms with Crippen molar-refractivity contribution in [1.29, 1.82) is 0 Å². The van der Waals surface area contributed by atoms with Gasteiger partial charge in [-0.05, 0) is 6.26 Å². The van der Waals surface area contributed by atoms with Crippen LogP contribution in [0.2, 0.25) is 0 Å². The number of carbonyl (C=O) groups is 1. The second kappa shape index (κ2) is 3.48. The molecule has 0 spiro atoms. The van der Waals surface area contributed by atoms with E-state index in [0.29, 0.717) is 0 Å². The van der Waals surface area contributed by atoms with Crippen molar-refractivity contribution in [3.63, 3.8) is 0 Å². The van der Waals surface area contributed by atoms with Gasteiger partial charge in [0.05, 0.1) is 0 Å². The van der Waals surface area contributed by atoms with Crippen molar-refractivity contribution in [2.24, 2.45) is 0 Å². The average molecular weight is 202 g/mol. The number of thioether (sulfide) groups is 1. The molecule has 0 saturated heterocycles. The molecule has 1 aromatic rings. The highest BCUT2D eigenvalue weighted by molar-refractivity contribution is 7.98. The third-order valence-electron chi connectivity index (χ3n) is 1.29. The Morgan fingerprint density at radius 1 is 1.62 bits per heavy atom. The monoisotopic (exact) mass is 202 g/mol. The number of nitrogens with one attached hydrogen (secondary N) is 1. The quantitative estimate of drug-likeness (QED) is 0.457. The van der Waals surface area contributed by atoms with Crippen LogP contribution in [-0.4, -0.2) is 32.4 Å². The Morgan fingerprint density at radius 2 is 2.23 bits per heavy atom. The zero-order valence-electron chi connectivity index (χ0n) is 6.57. The molecule has 6 nitrogen and oxygen atoms in total. The van der Waals surface area contributed by atoms with Crippen LogP contribution < -0.4 is 5.56 Å². The van der Waals surface area contributed by atoms with Crippen LogP contribution in [-0.2, 0) is 0 Å². The molecule has 1 aromatic heterocycles. The maximum Gasteiger partial charge on any atom is 0.346 e. The summed E-state index contributed by atoms with van der Waals surface area (Å²) in [4.78, 5) is 27.1. The van der Waals surface area contributed by atoms with Crippen molar-refractivity contribution in [1.82, 2.24) is 9.97 Å². The van der Waals surface area contributed by atoms with Gasteiger partial charge in [-0.2, -0.15) is 4.98 Å². The van der Waals surface area contributed by atoms with Gasteiger partial charge in [-0.15, -0.1) is 0 Å². The number of carboxylic acids is 1. The highest BCUT2D eigenvalue weighted by Crippen LogP contribution is 2.13. The number of aromatic amines is 1. The van der Waals surface area contributed by atoms with E-state index in [4.69, 9.17) is 10.2 Å². The van der Waals surface area contributed by atoms with Gasteiger partial charge in [0.1, 0.15) is 0 Å². The van der Waals surface area contributed by atoms with Gasteiger partial charge in [0, 0.05) is 0 Å². The molecule has 7 heteroatoms. The van der Waals surface area contributed by atoms with E-state index in [1.54, 1.807) is 6.26 Å². The fourth-order valence-corrected chi connectivity index (χ4v) is 1.10. The molecule has 3 N–H and O–H groups in total. The zero-order chi connectivity index (χ0) is 10.0. The molecule has 0 amide bonds. The molecule has 1 heterocycles. The van der Waals surface area contributed by atoms with Gasteiger partial charge in [0.2, 0.25) is 5.88 Å². The lowest BCUT2D eigenvalue weighted by Gasteiger charge is -1.99. The standard InChI is InChI=1S/C6H6N2O4S/c1-13-6-7-3(9)2(5(11)12)4(10)8-6/h1H3,(H,11,12)(H2,7,8,9,10). The van der Waals surface area contributed by atoms with Crippen molar-refractivity contribution in [3.8, 4) is 5.88 Å². The molecule has 0 radical (unpaired) electrons. The summed E-state index contributed by atoms with van der Waals surface area (Å²) in [5.41, 5.74) is -1.60. The molecule has 70 valence electrons. The largest absolute Gasteiger partial charge is 0.492 e. The van der Waals surface area contributed by atoms with Gasteiger partial charge in [0.25, 0.3) is 5.56 Å². The minimum Gasteiger partial charge on any atom is -0.492 e. The van der Waals surface area contributed by atoms with Gasteiger partial charge in [-0.1, -0.05) is 11.8 Å². The Kier molecular flexibility index (Phi) is 2.57. The second-order valence-corrected chi connectivity index (χ2v) is 2.87. The topological polar surface area (TPSA) is 103 Å². The van der Waals surface area contributed by atoms with Crippen molar-refractivity contribution in [3.05, 3.63) is 15.9 Å². The Labute approximate surface area is 76.6 Å². The number of aromatic hydroxyl groups is 1. The predicted octanol–water partition coefficient (Wildman–Crippen LogP) is -0.104. The van der Waals surface area contributed by atoms with Crippen molar-refractivity contribution in [2.75, 3.05) is 6.26 Å². The summed E-state index contributed by atoms with van der Waals surface area (Å²) in [6.45, 7) is 0. The number of aromatic carboxylic acids is 1. The smallest absolute Gasteiger partial charge is 0.346 e. The van der Waals surface area contributed by atoms with E-state index in [1.807, 2.05) is 0 Å². The molecule has 0 aliphatic heterocycles. The summed E-state index contributed by atoms with van der Waals surface area (Å²) in [5.74, 6) is -2.26. The fraction of sp³-hybridized carbons (Fsp3) is 0.167. The van der Waals surface area contributed by atoms with E-state index >= 15 is 0 Å². The fourth-order valence-electron chi connectivity index (χ4n) is 0.731. The SMILES string of the molecule is CSc1nc(O)c(C(=O)O)c(=O)[nH]1. The Balaban J connectivity index is 3.40. The van der Waals surface area contributed by atoms with Crippen molar-refractivity contribution >= 4 is 17.7 Å². The summed E-state index contributed by atoms with van der Waals surface area (Å²) >= 11 is 1.10. The molecule has 0 bridgehead atoms. The third kappa shape index (κ3) is 1.81. The summed E-state index contributed by atoms with van der Waals surface area (Å²) in [5, 5.41) is 17.7. The van der Waals surface area contributed by atoms with Crippen LogP contribution >= 0.6 is 11.8 Å². The Morgan fingerprint density at radius 3 is 2.62 bits per heavy atom. The van der Waals surface area contributed by atoms with Crippen LogP contribution in [0.4, 0.5) is 0 Å². The van der Waals surface area contributed by atoms with E-state index in [9.17, 15) is 9.59 Å². The molecule has 0 aliphatic carbocycles. The summed E-state index contributed by atoms with van der Waals surface area (Å²) in [7, 11) is 0. The van der Waals surface area contributed by atoms with Crippen LogP contribution in [0.25, 0.3) is 0 Å². The predicted molar refractivity (Wildman–Crippen MR) is 45.3 cm³/mol. The van der Waals surface area contributed by atoms with Gasteiger partial charge >= 0.3 is 5.97 Å². The first-order valence-corrected chi connectivity index (χ1v) is 4.39. The molecule has 13 heavy (non-hydrogen) atoms. The lowest BCUT2D eigenvalue weighted by Crippen LogP contribution is -2.19. The van der Waals surface area contributed by atoms with E-state index in [1.165, 1.54) is 0 Å². The minimum atomic E-state index is -1.50. The minimum absolute atomic E-state index is 0.174. The second-order valence-electron chi connectivity index (χ2n) is 2.08. The molecule has 0 aliphatic rings. The van der Waals surface area contributed by atoms with Crippen molar-refractivity contribution < 1.29 is 15.0 Å². The molecule has 0 aromatic carbocycles. The maximum absolute atomic E-state index is 11.0. The zero-order valence-corrected chi connectivity index (χ0v) is 7.38. The maximum atomic E-state index is 11.0. The summed E-state index contributed by atoms with van der Waals surface area (Å²) in [6, 6.07) is 0. The number of aromatic nitrogens is 2. The van der Waals surface area contributed by atoms with Crippen LogP contribution in [0, 0.1) is 0 Å². The number of nitrogens with zero attached hydrogens (tertiary/aromatic N) is 1. The van der Waals surface area contributed by atoms with Crippen LogP contribution in [0.5, 0.6) is 5.88 Å². The van der Waals surface area contributed by atoms with Gasteiger partial charge in [-0.25, -0.2) is 4.79 Å². The highest BCUT2D eigenvalue weighted by Gasteiger charge is 2.16. The number of hydrogen-bond acceptors (Lipinski definition) is 5. The number of hydrogen-bond donors (Lipinski definition) is 3. The van der Waals surface area contributed by atoms with Crippen LogP contribution in [0.15, 0.2) is 9.95 Å². The average Bonchev–Trinajstić information content (AvgIpc) is 2.02. The molecular weight excluding hydrogens is 196 g/mol. The van der Waals surface area contributed by atoms with Crippen molar-refractivity contribution in [2.45, 2.75) is 5.16 Å². The third-order valence-corrected chi connectivity index (χ3v) is 1.87. The van der Waals surface area contributed by atoms with E-state index in [-0.39, 0.29) is 5.16 Å². The first-order valence-electron chi connectivity index (χ1n) is 3.17. The van der Waals surface area contributed by atoms with E-state index in [2.05, 4.69) is 9.97 Å². The molecular formula is C6H6N2O4S. The van der Waals surface area contributed by atoms with Gasteiger partial charge < -0.3 is 15.2 Å². The van der Waals surface area contributed by atoms with E-state index < -0.39 is 23.0 Å². The molecule has 0 fully saturated rings. The lowest BCUT2D eigenvalue weighted by atomic mass is 10.3. The number of H-pyrrole nitrogens is 1. The van der Waals surface area contributed by atoms with Gasteiger partial charge in [0.15, 0.2) is 10.7 Å². The first kappa shape index (κ1) is 9.59. The summed E-state index contributed by atoms with van der Waals surface area (Å²) < 4.78 is 0. The van der Waals surface area contributed by atoms with E-state index in [0.717, 1.165) is 11.8 Å². The first-order chi connectivity index (χ1) is 6.06. The normalized spacial score (nSPS) is 9.92. The lowest BCUT2D eigenvalue weighted by molar-refractivity contribution is 0.0690. The Hall–Kier alpha value is -1.50. The van der Waals surface area contributed by atoms with Crippen LogP contribution in [0.1, 0.15) is 10.4 Å².